The Bertz CT molecular complexity index is 625. The highest BCUT2D eigenvalue weighted by atomic mass is 32.2. The third kappa shape index (κ3) is 3.28. The summed E-state index contributed by atoms with van der Waals surface area (Å²) in [6.45, 7) is 4.06. The normalized spacial score (nSPS) is 16.5. The fourth-order valence-electron chi connectivity index (χ4n) is 1.88. The number of nitrogens with zero attached hydrogens (tertiary/aromatic N) is 1. The van der Waals surface area contributed by atoms with Gasteiger partial charge in [-0.15, -0.1) is 6.58 Å². The van der Waals surface area contributed by atoms with Crippen LogP contribution in [0.3, 0.4) is 0 Å². The molecule has 0 aromatic heterocycles. The van der Waals surface area contributed by atoms with Gasteiger partial charge in [0, 0.05) is 6.54 Å². The van der Waals surface area contributed by atoms with Gasteiger partial charge >= 0.3 is 0 Å². The van der Waals surface area contributed by atoms with Crippen LogP contribution in [0.2, 0.25) is 0 Å². The van der Waals surface area contributed by atoms with E-state index in [9.17, 15) is 4.79 Å². The van der Waals surface area contributed by atoms with Crippen LogP contribution >= 0.6 is 24.0 Å². The smallest absolute Gasteiger partial charge is 0.266 e. The maximum absolute atomic E-state index is 12.2. The summed E-state index contributed by atoms with van der Waals surface area (Å²) in [5, 5.41) is 0. The molecule has 1 amide bonds. The van der Waals surface area contributed by atoms with Gasteiger partial charge < -0.3 is 9.47 Å². The van der Waals surface area contributed by atoms with Crippen molar-refractivity contribution in [2.45, 2.75) is 0 Å². The summed E-state index contributed by atoms with van der Waals surface area (Å²) in [5.41, 5.74) is 0.853. The van der Waals surface area contributed by atoms with Crippen LogP contribution in [-0.2, 0) is 4.79 Å². The minimum atomic E-state index is -0.0975. The highest BCUT2D eigenvalue weighted by Gasteiger charge is 2.30. The molecule has 4 nitrogen and oxygen atoms in total. The van der Waals surface area contributed by atoms with Crippen molar-refractivity contribution in [3.63, 3.8) is 0 Å². The van der Waals surface area contributed by atoms with Crippen molar-refractivity contribution in [1.29, 1.82) is 0 Å². The molecule has 1 aromatic rings. The van der Waals surface area contributed by atoms with Gasteiger partial charge in [0.2, 0.25) is 0 Å². The number of carbonyl (C=O) groups is 1. The van der Waals surface area contributed by atoms with E-state index in [0.717, 1.165) is 5.56 Å². The molecule has 0 bridgehead atoms. The van der Waals surface area contributed by atoms with E-state index in [1.807, 2.05) is 12.1 Å². The van der Waals surface area contributed by atoms with Gasteiger partial charge in [0.15, 0.2) is 11.5 Å². The highest BCUT2D eigenvalue weighted by Crippen LogP contribution is 2.34. The van der Waals surface area contributed by atoms with Crippen molar-refractivity contribution in [1.82, 2.24) is 4.90 Å². The lowest BCUT2D eigenvalue weighted by Crippen LogP contribution is -2.27. The zero-order valence-corrected chi connectivity index (χ0v) is 13.4. The molecule has 0 radical (unpaired) electrons. The van der Waals surface area contributed by atoms with Crippen LogP contribution in [0.1, 0.15) is 5.56 Å². The largest absolute Gasteiger partial charge is 0.493 e. The summed E-state index contributed by atoms with van der Waals surface area (Å²) in [6.07, 6.45) is 3.45. The van der Waals surface area contributed by atoms with Crippen molar-refractivity contribution >= 4 is 40.3 Å². The zero-order valence-electron chi connectivity index (χ0n) is 11.8. The van der Waals surface area contributed by atoms with E-state index in [-0.39, 0.29) is 5.91 Å². The molecule has 0 unspecified atom stereocenters. The second-order valence-corrected chi connectivity index (χ2v) is 5.87. The van der Waals surface area contributed by atoms with Crippen LogP contribution in [0, 0.1) is 0 Å². The highest BCUT2D eigenvalue weighted by molar-refractivity contribution is 8.26. The number of hydrogen-bond donors (Lipinski definition) is 0. The lowest BCUT2D eigenvalue weighted by atomic mass is 10.2. The number of carbonyl (C=O) groups excluding carboxylic acids is 1. The van der Waals surface area contributed by atoms with Gasteiger partial charge in [0.05, 0.1) is 19.1 Å². The molecule has 0 spiro atoms. The van der Waals surface area contributed by atoms with Gasteiger partial charge in [-0.3, -0.25) is 9.69 Å². The van der Waals surface area contributed by atoms with Crippen molar-refractivity contribution in [3.8, 4) is 11.5 Å². The number of methoxy groups -OCH3 is 2. The first-order chi connectivity index (χ1) is 10.1. The number of ether oxygens (including phenoxy) is 2. The molecule has 1 aliphatic heterocycles. The van der Waals surface area contributed by atoms with Crippen LogP contribution in [0.15, 0.2) is 35.8 Å². The Morgan fingerprint density at radius 2 is 2.05 bits per heavy atom. The first-order valence-corrected chi connectivity index (χ1v) is 7.41. The molecule has 1 aliphatic rings. The number of thioether (sulfide) groups is 1. The van der Waals surface area contributed by atoms with Crippen LogP contribution in [0.5, 0.6) is 11.5 Å². The Morgan fingerprint density at radius 3 is 2.67 bits per heavy atom. The average molecular weight is 321 g/mol. The molecule has 0 aliphatic carbocycles. The van der Waals surface area contributed by atoms with E-state index < -0.39 is 0 Å². The molecule has 6 heteroatoms. The predicted octanol–water partition coefficient (Wildman–Crippen LogP) is 3.09. The van der Waals surface area contributed by atoms with Crippen LogP contribution in [-0.4, -0.2) is 35.9 Å². The average Bonchev–Trinajstić information content (AvgIpc) is 2.75. The maximum Gasteiger partial charge on any atom is 0.266 e. The molecule has 0 N–H and O–H groups in total. The van der Waals surface area contributed by atoms with Gasteiger partial charge in [-0.25, -0.2) is 0 Å². The Morgan fingerprint density at radius 1 is 1.33 bits per heavy atom. The number of hydrogen-bond acceptors (Lipinski definition) is 5. The second kappa shape index (κ2) is 6.78. The minimum absolute atomic E-state index is 0.0975. The summed E-state index contributed by atoms with van der Waals surface area (Å²) < 4.78 is 11.0. The van der Waals surface area contributed by atoms with Gasteiger partial charge in [-0.1, -0.05) is 36.1 Å². The van der Waals surface area contributed by atoms with E-state index in [1.54, 1.807) is 32.4 Å². The monoisotopic (exact) mass is 321 g/mol. The number of benzene rings is 1. The quantitative estimate of drug-likeness (QED) is 0.473. The molecule has 1 aromatic carbocycles. The fraction of sp³-hybridized carbons (Fsp3) is 0.200. The lowest BCUT2D eigenvalue weighted by Gasteiger charge is -2.10. The maximum atomic E-state index is 12.2. The first-order valence-electron chi connectivity index (χ1n) is 6.19. The topological polar surface area (TPSA) is 38.8 Å². The van der Waals surface area contributed by atoms with Gasteiger partial charge in [0.1, 0.15) is 4.32 Å². The molecule has 0 saturated carbocycles. The minimum Gasteiger partial charge on any atom is -0.493 e. The summed E-state index contributed by atoms with van der Waals surface area (Å²) in [5.74, 6) is 1.17. The Balaban J connectivity index is 2.30. The molecule has 1 fully saturated rings. The van der Waals surface area contributed by atoms with Gasteiger partial charge in [-0.2, -0.15) is 0 Å². The van der Waals surface area contributed by atoms with E-state index in [1.165, 1.54) is 16.7 Å². The van der Waals surface area contributed by atoms with Crippen molar-refractivity contribution in [2.75, 3.05) is 20.8 Å². The molecule has 1 heterocycles. The molecule has 1 saturated heterocycles. The molecule has 21 heavy (non-hydrogen) atoms. The third-order valence-corrected chi connectivity index (χ3v) is 4.27. The molecule has 110 valence electrons. The van der Waals surface area contributed by atoms with Gasteiger partial charge in [0.25, 0.3) is 5.91 Å². The van der Waals surface area contributed by atoms with Gasteiger partial charge in [-0.05, 0) is 23.8 Å². The van der Waals surface area contributed by atoms with Crippen LogP contribution in [0.25, 0.3) is 6.08 Å². The molecular formula is C15H15NO3S2. The van der Waals surface area contributed by atoms with Crippen molar-refractivity contribution in [3.05, 3.63) is 41.3 Å². The fourth-order valence-corrected chi connectivity index (χ4v) is 3.16. The summed E-state index contributed by atoms with van der Waals surface area (Å²) in [4.78, 5) is 14.4. The summed E-state index contributed by atoms with van der Waals surface area (Å²) >= 11 is 6.49. The van der Waals surface area contributed by atoms with E-state index in [4.69, 9.17) is 21.7 Å². The van der Waals surface area contributed by atoms with E-state index in [0.29, 0.717) is 27.3 Å². The molecule has 2 rings (SSSR count). The molecule has 0 atom stereocenters. The van der Waals surface area contributed by atoms with Crippen LogP contribution in [0.4, 0.5) is 0 Å². The Hall–Kier alpha value is -1.79. The summed E-state index contributed by atoms with van der Waals surface area (Å²) in [6, 6.07) is 5.48. The number of amides is 1. The third-order valence-electron chi connectivity index (χ3n) is 2.89. The van der Waals surface area contributed by atoms with Crippen molar-refractivity contribution in [2.24, 2.45) is 0 Å². The lowest BCUT2D eigenvalue weighted by molar-refractivity contribution is -0.121. The standard InChI is InChI=1S/C15H15NO3S2/c1-4-7-16-14(17)13(21-15(16)20)9-10-5-6-11(18-2)12(8-10)19-3/h4-6,8-9H,1,7H2,2-3H3/b13-9+. The Kier molecular flexibility index (Phi) is 5.03. The first kappa shape index (κ1) is 15.6. The zero-order chi connectivity index (χ0) is 15.4. The molecular weight excluding hydrogens is 306 g/mol. The summed E-state index contributed by atoms with van der Waals surface area (Å²) in [7, 11) is 3.16. The predicted molar refractivity (Wildman–Crippen MR) is 89.6 cm³/mol. The van der Waals surface area contributed by atoms with E-state index >= 15 is 0 Å². The SMILES string of the molecule is C=CCN1C(=O)/C(=C\c2ccc(OC)c(OC)c2)SC1=S. The second-order valence-electron chi connectivity index (χ2n) is 4.20. The number of thiocarbonyl (C=S) groups is 1. The van der Waals surface area contributed by atoms with Crippen LogP contribution < -0.4 is 9.47 Å². The Labute approximate surface area is 133 Å². The van der Waals surface area contributed by atoms with Crippen molar-refractivity contribution < 1.29 is 14.3 Å². The number of rotatable bonds is 5. The van der Waals surface area contributed by atoms with E-state index in [2.05, 4.69) is 6.58 Å².